The molecule has 0 aromatic heterocycles. The van der Waals surface area contributed by atoms with E-state index in [2.05, 4.69) is 0 Å². The second-order valence-corrected chi connectivity index (χ2v) is 4.70. The van der Waals surface area contributed by atoms with Crippen molar-refractivity contribution < 1.29 is 18.0 Å². The van der Waals surface area contributed by atoms with Gasteiger partial charge < -0.3 is 5.73 Å². The molecule has 0 saturated carbocycles. The quantitative estimate of drug-likeness (QED) is 0.877. The van der Waals surface area contributed by atoms with Crippen molar-refractivity contribution in [2.24, 2.45) is 5.73 Å². The predicted molar refractivity (Wildman–Crippen MR) is 73.9 cm³/mol. The van der Waals surface area contributed by atoms with Gasteiger partial charge in [-0.3, -0.25) is 4.79 Å². The minimum Gasteiger partial charge on any atom is -0.321 e. The molecule has 2 aromatic rings. The van der Waals surface area contributed by atoms with Crippen molar-refractivity contribution in [2.45, 2.75) is 18.6 Å². The summed E-state index contributed by atoms with van der Waals surface area (Å²) >= 11 is 0. The number of carbonyl (C=O) groups is 1. The highest BCUT2D eigenvalue weighted by Gasteiger charge is 2.35. The standard InChI is InChI=1S/C16H14F3NO/c17-16(18,19)13-9-5-4-8-12(13)15(21)14(20)10-11-6-2-1-3-7-11/h1-9,14H,10,20H2. The molecular formula is C16H14F3NO. The number of halogens is 3. The van der Waals surface area contributed by atoms with E-state index in [0.717, 1.165) is 17.7 Å². The summed E-state index contributed by atoms with van der Waals surface area (Å²) in [6.07, 6.45) is -4.37. The third-order valence-electron chi connectivity index (χ3n) is 3.13. The molecule has 5 heteroatoms. The van der Waals surface area contributed by atoms with E-state index < -0.39 is 23.6 Å². The Morgan fingerprint density at radius 3 is 2.19 bits per heavy atom. The van der Waals surface area contributed by atoms with Crippen LogP contribution in [0.25, 0.3) is 0 Å². The number of Topliss-reactive ketones (excluding diaryl/α,β-unsaturated/α-hetero) is 1. The fourth-order valence-electron chi connectivity index (χ4n) is 2.11. The molecule has 2 N–H and O–H groups in total. The van der Waals surface area contributed by atoms with E-state index in [-0.39, 0.29) is 12.0 Å². The van der Waals surface area contributed by atoms with Gasteiger partial charge in [-0.2, -0.15) is 13.2 Å². The number of carbonyl (C=O) groups excluding carboxylic acids is 1. The highest BCUT2D eigenvalue weighted by Crippen LogP contribution is 2.32. The van der Waals surface area contributed by atoms with Crippen LogP contribution in [0.5, 0.6) is 0 Å². The molecule has 1 atom stereocenters. The Morgan fingerprint density at radius 2 is 1.57 bits per heavy atom. The van der Waals surface area contributed by atoms with Gasteiger partial charge in [0.25, 0.3) is 0 Å². The number of ketones is 1. The molecule has 0 aliphatic rings. The van der Waals surface area contributed by atoms with Crippen molar-refractivity contribution >= 4 is 5.78 Å². The Hall–Kier alpha value is -2.14. The zero-order valence-corrected chi connectivity index (χ0v) is 11.1. The van der Waals surface area contributed by atoms with Gasteiger partial charge in [0.2, 0.25) is 0 Å². The van der Waals surface area contributed by atoms with Crippen molar-refractivity contribution in [3.63, 3.8) is 0 Å². The highest BCUT2D eigenvalue weighted by molar-refractivity contribution is 6.01. The lowest BCUT2D eigenvalue weighted by atomic mass is 9.95. The molecule has 2 rings (SSSR count). The van der Waals surface area contributed by atoms with Crippen molar-refractivity contribution in [2.75, 3.05) is 0 Å². The van der Waals surface area contributed by atoms with E-state index in [1.165, 1.54) is 12.1 Å². The predicted octanol–water partition coefficient (Wildman–Crippen LogP) is 3.46. The molecular weight excluding hydrogens is 279 g/mol. The van der Waals surface area contributed by atoms with E-state index in [4.69, 9.17) is 5.73 Å². The van der Waals surface area contributed by atoms with Crippen LogP contribution in [0.4, 0.5) is 13.2 Å². The lowest BCUT2D eigenvalue weighted by molar-refractivity contribution is -0.137. The Morgan fingerprint density at radius 1 is 1.00 bits per heavy atom. The molecule has 1 unspecified atom stereocenters. The first kappa shape index (κ1) is 15.3. The minimum absolute atomic E-state index is 0.200. The molecule has 0 fully saturated rings. The van der Waals surface area contributed by atoms with E-state index in [1.54, 1.807) is 24.3 Å². The van der Waals surface area contributed by atoms with Crippen LogP contribution in [0.2, 0.25) is 0 Å². The summed E-state index contributed by atoms with van der Waals surface area (Å²) in [7, 11) is 0. The molecule has 0 amide bonds. The summed E-state index contributed by atoms with van der Waals surface area (Å²) in [6, 6.07) is 12.7. The van der Waals surface area contributed by atoms with Gasteiger partial charge in [-0.1, -0.05) is 48.5 Å². The maximum Gasteiger partial charge on any atom is 0.417 e. The van der Waals surface area contributed by atoms with Crippen LogP contribution >= 0.6 is 0 Å². The lowest BCUT2D eigenvalue weighted by Gasteiger charge is -2.15. The number of hydrogen-bond acceptors (Lipinski definition) is 2. The molecule has 0 aliphatic carbocycles. The van der Waals surface area contributed by atoms with E-state index in [0.29, 0.717) is 0 Å². The van der Waals surface area contributed by atoms with Crippen LogP contribution in [0.1, 0.15) is 21.5 Å². The number of benzene rings is 2. The van der Waals surface area contributed by atoms with Crippen molar-refractivity contribution in [1.82, 2.24) is 0 Å². The summed E-state index contributed by atoms with van der Waals surface area (Å²) in [5.74, 6) is -0.702. The smallest absolute Gasteiger partial charge is 0.321 e. The summed E-state index contributed by atoms with van der Waals surface area (Å²) in [4.78, 5) is 12.2. The molecule has 110 valence electrons. The van der Waals surface area contributed by atoms with Gasteiger partial charge in [-0.05, 0) is 18.1 Å². The topological polar surface area (TPSA) is 43.1 Å². The van der Waals surface area contributed by atoms with Crippen LogP contribution in [0.15, 0.2) is 54.6 Å². The third kappa shape index (κ3) is 3.70. The Balaban J connectivity index is 2.24. The monoisotopic (exact) mass is 293 g/mol. The second-order valence-electron chi connectivity index (χ2n) is 4.70. The molecule has 0 heterocycles. The van der Waals surface area contributed by atoms with E-state index in [9.17, 15) is 18.0 Å². The first-order valence-corrected chi connectivity index (χ1v) is 6.39. The van der Waals surface area contributed by atoms with Gasteiger partial charge in [-0.25, -0.2) is 0 Å². The van der Waals surface area contributed by atoms with E-state index >= 15 is 0 Å². The maximum atomic E-state index is 12.9. The van der Waals surface area contributed by atoms with Gasteiger partial charge in [0.05, 0.1) is 11.6 Å². The summed E-state index contributed by atoms with van der Waals surface area (Å²) < 4.78 is 38.7. The Labute approximate surface area is 120 Å². The van der Waals surface area contributed by atoms with Gasteiger partial charge >= 0.3 is 6.18 Å². The van der Waals surface area contributed by atoms with Gasteiger partial charge in [0, 0.05) is 5.56 Å². The van der Waals surface area contributed by atoms with Crippen LogP contribution in [-0.2, 0) is 12.6 Å². The second kappa shape index (κ2) is 6.10. The molecule has 0 bridgehead atoms. The fourth-order valence-corrected chi connectivity index (χ4v) is 2.11. The summed E-state index contributed by atoms with van der Waals surface area (Å²) in [5, 5.41) is 0. The highest BCUT2D eigenvalue weighted by atomic mass is 19.4. The molecule has 0 saturated heterocycles. The molecule has 0 spiro atoms. The molecule has 0 aliphatic heterocycles. The lowest BCUT2D eigenvalue weighted by Crippen LogP contribution is -2.34. The van der Waals surface area contributed by atoms with Crippen LogP contribution in [0.3, 0.4) is 0 Å². The molecule has 2 aromatic carbocycles. The van der Waals surface area contributed by atoms with Crippen molar-refractivity contribution in [3.8, 4) is 0 Å². The van der Waals surface area contributed by atoms with E-state index in [1.807, 2.05) is 6.07 Å². The first-order valence-electron chi connectivity index (χ1n) is 6.39. The number of alkyl halides is 3. The third-order valence-corrected chi connectivity index (χ3v) is 3.13. The number of rotatable bonds is 4. The largest absolute Gasteiger partial charge is 0.417 e. The molecule has 0 radical (unpaired) electrons. The SMILES string of the molecule is NC(Cc1ccccc1)C(=O)c1ccccc1C(F)(F)F. The van der Waals surface area contributed by atoms with Gasteiger partial charge in [0.1, 0.15) is 0 Å². The first-order chi connectivity index (χ1) is 9.89. The van der Waals surface area contributed by atoms with Crippen LogP contribution < -0.4 is 5.73 Å². The average molecular weight is 293 g/mol. The Bertz CT molecular complexity index is 623. The fraction of sp³-hybridized carbons (Fsp3) is 0.188. The maximum absolute atomic E-state index is 12.9. The normalized spacial score (nSPS) is 13.0. The van der Waals surface area contributed by atoms with Gasteiger partial charge in [0.15, 0.2) is 5.78 Å². The number of hydrogen-bond donors (Lipinski definition) is 1. The minimum atomic E-state index is -4.57. The zero-order chi connectivity index (χ0) is 15.5. The van der Waals surface area contributed by atoms with Crippen molar-refractivity contribution in [3.05, 3.63) is 71.3 Å². The summed E-state index contributed by atoms with van der Waals surface area (Å²) in [6.45, 7) is 0. The zero-order valence-electron chi connectivity index (χ0n) is 11.1. The molecule has 21 heavy (non-hydrogen) atoms. The molecule has 2 nitrogen and oxygen atoms in total. The summed E-state index contributed by atoms with van der Waals surface area (Å²) in [5.41, 5.74) is 5.26. The van der Waals surface area contributed by atoms with Crippen LogP contribution in [0, 0.1) is 0 Å². The van der Waals surface area contributed by atoms with Crippen LogP contribution in [-0.4, -0.2) is 11.8 Å². The average Bonchev–Trinajstić information content (AvgIpc) is 2.46. The van der Waals surface area contributed by atoms with Crippen molar-refractivity contribution in [1.29, 1.82) is 0 Å². The Kier molecular flexibility index (Phi) is 4.43. The van der Waals surface area contributed by atoms with Gasteiger partial charge in [-0.15, -0.1) is 0 Å². The number of nitrogens with two attached hydrogens (primary N) is 1.